The Morgan fingerprint density at radius 2 is 2.00 bits per heavy atom. The van der Waals surface area contributed by atoms with Gasteiger partial charge in [0.1, 0.15) is 0 Å². The van der Waals surface area contributed by atoms with Crippen molar-refractivity contribution in [3.05, 3.63) is 42.1 Å². The number of nitrogens with two attached hydrogens (primary N) is 1. The molecule has 0 fully saturated rings. The van der Waals surface area contributed by atoms with E-state index in [1.807, 2.05) is 0 Å². The van der Waals surface area contributed by atoms with E-state index in [4.69, 9.17) is 10.3 Å². The Morgan fingerprint density at radius 1 is 1.19 bits per heavy atom. The van der Waals surface area contributed by atoms with Crippen molar-refractivity contribution in [1.29, 1.82) is 0 Å². The van der Waals surface area contributed by atoms with Crippen LogP contribution >= 0.6 is 0 Å². The van der Waals surface area contributed by atoms with Crippen LogP contribution in [0.2, 0.25) is 0 Å². The molecule has 2 aromatic heterocycles. The highest BCUT2D eigenvalue weighted by Crippen LogP contribution is 2.32. The molecule has 108 valence electrons. The minimum Gasteiger partial charge on any atom is -0.396 e. The van der Waals surface area contributed by atoms with E-state index >= 15 is 0 Å². The summed E-state index contributed by atoms with van der Waals surface area (Å²) in [5, 5.41) is 6.48. The number of nitrogen functional groups attached to an aromatic ring is 1. The number of nitrogens with zero attached hydrogens (tertiary/aromatic N) is 2. The first-order valence-corrected chi connectivity index (χ1v) is 5.89. The molecule has 0 atom stereocenters. The number of nitrogens with one attached hydrogen (secondary N) is 1. The van der Waals surface area contributed by atoms with E-state index in [0.717, 1.165) is 12.1 Å². The molecule has 3 rings (SSSR count). The number of hydrogen-bond donors (Lipinski definition) is 2. The minimum absolute atomic E-state index is 0.205. The predicted molar refractivity (Wildman–Crippen MR) is 70.9 cm³/mol. The summed E-state index contributed by atoms with van der Waals surface area (Å²) in [6.45, 7) is 0. The Hall–Kier alpha value is -2.77. The Balaban J connectivity index is 1.98. The number of halogens is 3. The number of rotatable bonds is 2. The maximum Gasteiger partial charge on any atom is 0.416 e. The Kier molecular flexibility index (Phi) is 2.93. The topological polar surface area (TPSA) is 77.0 Å². The van der Waals surface area contributed by atoms with Crippen LogP contribution in [0.15, 0.2) is 41.1 Å². The molecular weight excluding hydrogens is 285 g/mol. The van der Waals surface area contributed by atoms with Gasteiger partial charge >= 0.3 is 6.18 Å². The van der Waals surface area contributed by atoms with Gasteiger partial charge in [-0.05, 0) is 24.3 Å². The van der Waals surface area contributed by atoms with Crippen molar-refractivity contribution in [3.8, 4) is 0 Å². The van der Waals surface area contributed by atoms with Crippen molar-refractivity contribution in [2.45, 2.75) is 6.18 Å². The van der Waals surface area contributed by atoms with Gasteiger partial charge < -0.3 is 15.6 Å². The number of benzene rings is 1. The smallest absolute Gasteiger partial charge is 0.396 e. The minimum atomic E-state index is -4.41. The van der Waals surface area contributed by atoms with Gasteiger partial charge in [0, 0.05) is 11.9 Å². The number of hydrogen-bond acceptors (Lipinski definition) is 5. The van der Waals surface area contributed by atoms with E-state index in [9.17, 15) is 13.2 Å². The van der Waals surface area contributed by atoms with Crippen LogP contribution in [0.3, 0.4) is 0 Å². The zero-order valence-corrected chi connectivity index (χ0v) is 10.5. The molecule has 0 unspecified atom stereocenters. The molecule has 0 saturated carbocycles. The number of alkyl halides is 3. The molecule has 0 spiro atoms. The lowest BCUT2D eigenvalue weighted by atomic mass is 10.2. The summed E-state index contributed by atoms with van der Waals surface area (Å²) in [6.07, 6.45) is -2.95. The lowest BCUT2D eigenvalue weighted by Crippen LogP contribution is -2.05. The number of fused-ring (bicyclic) bond motifs is 1. The van der Waals surface area contributed by atoms with Crippen LogP contribution in [0.4, 0.5) is 30.4 Å². The van der Waals surface area contributed by atoms with Gasteiger partial charge in [0.2, 0.25) is 11.4 Å². The van der Waals surface area contributed by atoms with E-state index < -0.39 is 11.7 Å². The van der Waals surface area contributed by atoms with E-state index in [1.165, 1.54) is 18.3 Å². The summed E-state index contributed by atoms with van der Waals surface area (Å²) < 4.78 is 43.0. The van der Waals surface area contributed by atoms with Gasteiger partial charge in [-0.15, -0.1) is 0 Å². The fourth-order valence-corrected chi connectivity index (χ4v) is 1.85. The van der Waals surface area contributed by atoms with Crippen LogP contribution < -0.4 is 11.1 Å². The number of anilines is 3. The number of pyridine rings is 1. The lowest BCUT2D eigenvalue weighted by Gasteiger charge is -2.08. The van der Waals surface area contributed by atoms with Crippen LogP contribution in [0.5, 0.6) is 0 Å². The van der Waals surface area contributed by atoms with Gasteiger partial charge in [0.15, 0.2) is 5.52 Å². The van der Waals surface area contributed by atoms with Gasteiger partial charge in [-0.1, -0.05) is 11.2 Å². The highest BCUT2D eigenvalue weighted by molar-refractivity contribution is 5.92. The zero-order chi connectivity index (χ0) is 15.0. The van der Waals surface area contributed by atoms with Gasteiger partial charge in [-0.2, -0.15) is 13.2 Å². The fraction of sp³-hybridized carbons (Fsp3) is 0.0769. The maximum atomic E-state index is 12.7. The van der Waals surface area contributed by atoms with E-state index in [0.29, 0.717) is 11.2 Å². The molecule has 21 heavy (non-hydrogen) atoms. The van der Waals surface area contributed by atoms with Crippen molar-refractivity contribution in [1.82, 2.24) is 10.1 Å². The van der Waals surface area contributed by atoms with E-state index in [1.54, 1.807) is 6.07 Å². The Labute approximate surface area is 116 Å². The third kappa shape index (κ3) is 2.47. The normalized spacial score (nSPS) is 11.8. The molecule has 1 aromatic carbocycles. The highest BCUT2D eigenvalue weighted by atomic mass is 19.4. The molecule has 0 aliphatic heterocycles. The van der Waals surface area contributed by atoms with Gasteiger partial charge in [-0.3, -0.25) is 0 Å². The second-order valence-electron chi connectivity index (χ2n) is 4.31. The first-order chi connectivity index (χ1) is 9.95. The molecule has 8 heteroatoms. The summed E-state index contributed by atoms with van der Waals surface area (Å²) in [6, 6.07) is 6.30. The first kappa shape index (κ1) is 13.2. The van der Waals surface area contributed by atoms with Crippen molar-refractivity contribution in [3.63, 3.8) is 0 Å². The predicted octanol–water partition coefficient (Wildman–Crippen LogP) is 3.57. The Bertz CT molecular complexity index is 797. The standard InChI is InChI=1S/C13H9F3N4O/c14-13(15,16)7-2-1-3-8(6-7)19-12-10-11(21-20-12)9(17)4-5-18-10/h1-6H,(H2,17,18)(H,19,20). The van der Waals surface area contributed by atoms with Crippen LogP contribution in [0.25, 0.3) is 11.1 Å². The van der Waals surface area contributed by atoms with Crippen molar-refractivity contribution < 1.29 is 17.7 Å². The molecule has 3 N–H and O–H groups in total. The van der Waals surface area contributed by atoms with Crippen LogP contribution in [-0.2, 0) is 6.18 Å². The Morgan fingerprint density at radius 3 is 2.76 bits per heavy atom. The van der Waals surface area contributed by atoms with Gasteiger partial charge in [0.25, 0.3) is 0 Å². The van der Waals surface area contributed by atoms with Gasteiger partial charge in [-0.25, -0.2) is 4.98 Å². The molecule has 3 aromatic rings. The lowest BCUT2D eigenvalue weighted by molar-refractivity contribution is -0.137. The van der Waals surface area contributed by atoms with E-state index in [-0.39, 0.29) is 17.1 Å². The second kappa shape index (κ2) is 4.65. The first-order valence-electron chi connectivity index (χ1n) is 5.89. The van der Waals surface area contributed by atoms with Crippen molar-refractivity contribution in [2.75, 3.05) is 11.1 Å². The van der Waals surface area contributed by atoms with Crippen LogP contribution in [0, 0.1) is 0 Å². The maximum absolute atomic E-state index is 12.7. The summed E-state index contributed by atoms with van der Waals surface area (Å²) >= 11 is 0. The molecule has 2 heterocycles. The zero-order valence-electron chi connectivity index (χ0n) is 10.5. The summed E-state index contributed by atoms with van der Waals surface area (Å²) in [7, 11) is 0. The molecule has 5 nitrogen and oxygen atoms in total. The molecule has 0 bridgehead atoms. The van der Waals surface area contributed by atoms with Crippen molar-refractivity contribution >= 4 is 28.3 Å². The molecular formula is C13H9F3N4O. The monoisotopic (exact) mass is 294 g/mol. The summed E-state index contributed by atoms with van der Waals surface area (Å²) in [5.41, 5.74) is 6.15. The molecule has 0 aliphatic carbocycles. The quantitative estimate of drug-likeness (QED) is 0.755. The van der Waals surface area contributed by atoms with Crippen LogP contribution in [-0.4, -0.2) is 10.1 Å². The highest BCUT2D eigenvalue weighted by Gasteiger charge is 2.30. The third-order valence-corrected chi connectivity index (χ3v) is 2.84. The average molecular weight is 294 g/mol. The number of aromatic nitrogens is 2. The molecule has 0 saturated heterocycles. The average Bonchev–Trinajstić information content (AvgIpc) is 2.83. The molecule has 0 aliphatic rings. The second-order valence-corrected chi connectivity index (χ2v) is 4.31. The molecule has 0 radical (unpaired) electrons. The van der Waals surface area contributed by atoms with Crippen molar-refractivity contribution in [2.24, 2.45) is 0 Å². The SMILES string of the molecule is Nc1ccnc2c(Nc3cccc(C(F)(F)F)c3)noc12. The summed E-state index contributed by atoms with van der Waals surface area (Å²) in [4.78, 5) is 4.05. The molecule has 0 amide bonds. The van der Waals surface area contributed by atoms with E-state index in [2.05, 4.69) is 15.5 Å². The van der Waals surface area contributed by atoms with Gasteiger partial charge in [0.05, 0.1) is 11.3 Å². The van der Waals surface area contributed by atoms with Crippen LogP contribution in [0.1, 0.15) is 5.56 Å². The summed E-state index contributed by atoms with van der Waals surface area (Å²) in [5.74, 6) is 0.205. The fourth-order valence-electron chi connectivity index (χ4n) is 1.85. The largest absolute Gasteiger partial charge is 0.416 e. The third-order valence-electron chi connectivity index (χ3n) is 2.84.